The average molecular weight is 367 g/mol. The van der Waals surface area contributed by atoms with Crippen LogP contribution in [0.15, 0.2) is 24.3 Å². The van der Waals surface area contributed by atoms with Gasteiger partial charge < -0.3 is 10.1 Å². The minimum atomic E-state index is -0.259. The fourth-order valence-electron chi connectivity index (χ4n) is 2.73. The molecule has 2 atom stereocenters. The maximum absolute atomic E-state index is 12.2. The molecule has 1 N–H and O–H groups in total. The van der Waals surface area contributed by atoms with Crippen molar-refractivity contribution in [3.05, 3.63) is 39.3 Å². The van der Waals surface area contributed by atoms with Crippen molar-refractivity contribution in [2.24, 2.45) is 0 Å². The van der Waals surface area contributed by atoms with E-state index in [0.29, 0.717) is 22.3 Å². The van der Waals surface area contributed by atoms with Gasteiger partial charge in [-0.25, -0.2) is 0 Å². The zero-order valence-corrected chi connectivity index (χ0v) is 15.1. The number of nitrogens with zero attached hydrogens (tertiary/aromatic N) is 3. The molecule has 1 aliphatic heterocycles. The number of halogens is 1. The predicted molar refractivity (Wildman–Crippen MR) is 94.6 cm³/mol. The summed E-state index contributed by atoms with van der Waals surface area (Å²) in [7, 11) is 0. The number of benzene rings is 1. The molecule has 128 valence electrons. The zero-order chi connectivity index (χ0) is 17.1. The summed E-state index contributed by atoms with van der Waals surface area (Å²) in [4.78, 5) is 14.5. The van der Waals surface area contributed by atoms with E-state index in [9.17, 15) is 4.79 Å². The number of hydrogen-bond donors (Lipinski definition) is 1. The standard InChI is InChI=1S/C16H19ClN4O2S/c1-10-7-21(8-11(2)23-10)9-14-19-20-16(24-14)15(22)18-13-5-3-12(17)4-6-13/h3-6,10-11H,7-9H2,1-2H3,(H,18,22)/t10-,11-/m1/s1. The summed E-state index contributed by atoms with van der Waals surface area (Å²) in [6.45, 7) is 6.53. The summed E-state index contributed by atoms with van der Waals surface area (Å²) in [6, 6.07) is 6.95. The van der Waals surface area contributed by atoms with Gasteiger partial charge in [-0.15, -0.1) is 10.2 Å². The molecule has 2 aromatic rings. The lowest BCUT2D eigenvalue weighted by atomic mass is 10.2. The Morgan fingerprint density at radius 1 is 1.29 bits per heavy atom. The molecule has 0 bridgehead atoms. The number of anilines is 1. The molecule has 8 heteroatoms. The van der Waals surface area contributed by atoms with Crippen LogP contribution in [-0.4, -0.2) is 46.3 Å². The largest absolute Gasteiger partial charge is 0.373 e. The van der Waals surface area contributed by atoms with E-state index >= 15 is 0 Å². The van der Waals surface area contributed by atoms with Gasteiger partial charge in [-0.3, -0.25) is 9.69 Å². The van der Waals surface area contributed by atoms with E-state index in [1.165, 1.54) is 11.3 Å². The Bertz CT molecular complexity index is 696. The number of ether oxygens (including phenoxy) is 1. The van der Waals surface area contributed by atoms with Gasteiger partial charge in [-0.1, -0.05) is 22.9 Å². The summed E-state index contributed by atoms with van der Waals surface area (Å²) >= 11 is 7.15. The monoisotopic (exact) mass is 366 g/mol. The molecule has 1 aliphatic rings. The smallest absolute Gasteiger partial charge is 0.286 e. The Morgan fingerprint density at radius 2 is 1.96 bits per heavy atom. The van der Waals surface area contributed by atoms with Crippen LogP contribution >= 0.6 is 22.9 Å². The highest BCUT2D eigenvalue weighted by molar-refractivity contribution is 7.13. The fraction of sp³-hybridized carbons (Fsp3) is 0.438. The third-order valence-corrected chi connectivity index (χ3v) is 4.78. The predicted octanol–water partition coefficient (Wildman–Crippen LogP) is 3.05. The Balaban J connectivity index is 1.60. The van der Waals surface area contributed by atoms with Crippen molar-refractivity contribution in [3.63, 3.8) is 0 Å². The lowest BCUT2D eigenvalue weighted by Gasteiger charge is -2.34. The second-order valence-corrected chi connectivity index (χ2v) is 7.41. The van der Waals surface area contributed by atoms with E-state index in [1.807, 2.05) is 0 Å². The van der Waals surface area contributed by atoms with E-state index < -0.39 is 0 Å². The van der Waals surface area contributed by atoms with Crippen LogP contribution in [0.3, 0.4) is 0 Å². The minimum absolute atomic E-state index is 0.203. The van der Waals surface area contributed by atoms with Crippen molar-refractivity contribution in [3.8, 4) is 0 Å². The number of morpholine rings is 1. The van der Waals surface area contributed by atoms with Gasteiger partial charge in [0.2, 0.25) is 5.01 Å². The highest BCUT2D eigenvalue weighted by Gasteiger charge is 2.23. The Labute approximate surface area is 149 Å². The normalized spacial score (nSPS) is 21.6. The third kappa shape index (κ3) is 4.51. The molecular formula is C16H19ClN4O2S. The van der Waals surface area contributed by atoms with Crippen molar-refractivity contribution >= 4 is 34.5 Å². The van der Waals surface area contributed by atoms with Crippen LogP contribution in [-0.2, 0) is 11.3 Å². The molecule has 2 heterocycles. The molecule has 0 radical (unpaired) electrons. The molecule has 1 aromatic carbocycles. The molecule has 0 aliphatic carbocycles. The molecule has 1 aromatic heterocycles. The van der Waals surface area contributed by atoms with E-state index in [-0.39, 0.29) is 18.1 Å². The Hall–Kier alpha value is -1.54. The summed E-state index contributed by atoms with van der Waals surface area (Å²) in [5.41, 5.74) is 0.678. The van der Waals surface area contributed by atoms with Crippen molar-refractivity contribution < 1.29 is 9.53 Å². The van der Waals surface area contributed by atoms with E-state index in [0.717, 1.165) is 18.1 Å². The van der Waals surface area contributed by atoms with Crippen molar-refractivity contribution in [1.29, 1.82) is 0 Å². The number of carbonyl (C=O) groups is 1. The SMILES string of the molecule is C[C@@H]1CN(Cc2nnc(C(=O)Nc3ccc(Cl)cc3)s2)C[C@@H](C)O1. The Kier molecular flexibility index (Phi) is 5.45. The van der Waals surface area contributed by atoms with Crippen LogP contribution in [0.5, 0.6) is 0 Å². The van der Waals surface area contributed by atoms with Gasteiger partial charge in [-0.2, -0.15) is 0 Å². The van der Waals surface area contributed by atoms with Gasteiger partial charge in [0.1, 0.15) is 5.01 Å². The van der Waals surface area contributed by atoms with Crippen molar-refractivity contribution in [2.45, 2.75) is 32.6 Å². The molecule has 0 spiro atoms. The summed E-state index contributed by atoms with van der Waals surface area (Å²) in [5, 5.41) is 12.8. The number of carbonyl (C=O) groups excluding carboxylic acids is 1. The number of aromatic nitrogens is 2. The van der Waals surface area contributed by atoms with Crippen LogP contribution in [0.2, 0.25) is 5.02 Å². The van der Waals surface area contributed by atoms with Gasteiger partial charge >= 0.3 is 0 Å². The van der Waals surface area contributed by atoms with Crippen LogP contribution in [0.25, 0.3) is 0 Å². The first-order valence-corrected chi connectivity index (χ1v) is 8.96. The lowest BCUT2D eigenvalue weighted by molar-refractivity contribution is -0.0705. The number of hydrogen-bond acceptors (Lipinski definition) is 6. The van der Waals surface area contributed by atoms with Crippen molar-refractivity contribution in [2.75, 3.05) is 18.4 Å². The second-order valence-electron chi connectivity index (χ2n) is 5.91. The lowest BCUT2D eigenvalue weighted by Crippen LogP contribution is -2.44. The van der Waals surface area contributed by atoms with E-state index in [2.05, 4.69) is 34.3 Å². The van der Waals surface area contributed by atoms with Gasteiger partial charge in [0.05, 0.1) is 18.8 Å². The molecule has 0 unspecified atom stereocenters. The maximum Gasteiger partial charge on any atom is 0.286 e. The molecule has 6 nitrogen and oxygen atoms in total. The summed E-state index contributed by atoms with van der Waals surface area (Å²) in [5.74, 6) is -0.259. The van der Waals surface area contributed by atoms with Crippen LogP contribution in [0, 0.1) is 0 Å². The van der Waals surface area contributed by atoms with Gasteiger partial charge in [0, 0.05) is 23.8 Å². The van der Waals surface area contributed by atoms with Crippen molar-refractivity contribution in [1.82, 2.24) is 15.1 Å². The highest BCUT2D eigenvalue weighted by Crippen LogP contribution is 2.19. The first-order valence-electron chi connectivity index (χ1n) is 7.76. The first-order chi connectivity index (χ1) is 11.5. The third-order valence-electron chi connectivity index (χ3n) is 3.62. The molecule has 0 saturated carbocycles. The van der Waals surface area contributed by atoms with Gasteiger partial charge in [-0.05, 0) is 38.1 Å². The van der Waals surface area contributed by atoms with Crippen LogP contribution < -0.4 is 5.32 Å². The average Bonchev–Trinajstić information content (AvgIpc) is 2.97. The van der Waals surface area contributed by atoms with E-state index in [4.69, 9.17) is 16.3 Å². The minimum Gasteiger partial charge on any atom is -0.373 e. The molecule has 1 fully saturated rings. The topological polar surface area (TPSA) is 67.4 Å². The van der Waals surface area contributed by atoms with Crippen LogP contribution in [0.1, 0.15) is 28.7 Å². The zero-order valence-electron chi connectivity index (χ0n) is 13.5. The quantitative estimate of drug-likeness (QED) is 0.900. The Morgan fingerprint density at radius 3 is 2.62 bits per heavy atom. The second kappa shape index (κ2) is 7.57. The first kappa shape index (κ1) is 17.3. The molecular weight excluding hydrogens is 348 g/mol. The summed E-state index contributed by atoms with van der Waals surface area (Å²) < 4.78 is 5.72. The molecule has 1 saturated heterocycles. The molecule has 3 rings (SSSR count). The molecule has 1 amide bonds. The van der Waals surface area contributed by atoms with Gasteiger partial charge in [0.15, 0.2) is 0 Å². The number of nitrogens with one attached hydrogen (secondary N) is 1. The number of amides is 1. The maximum atomic E-state index is 12.2. The molecule has 24 heavy (non-hydrogen) atoms. The fourth-order valence-corrected chi connectivity index (χ4v) is 3.64. The number of rotatable bonds is 4. The van der Waals surface area contributed by atoms with E-state index in [1.54, 1.807) is 24.3 Å². The van der Waals surface area contributed by atoms with Crippen LogP contribution in [0.4, 0.5) is 5.69 Å². The highest BCUT2D eigenvalue weighted by atomic mass is 35.5. The summed E-state index contributed by atoms with van der Waals surface area (Å²) in [6.07, 6.45) is 0.406. The van der Waals surface area contributed by atoms with Gasteiger partial charge in [0.25, 0.3) is 5.91 Å².